The Kier molecular flexibility index (Phi) is 4.30. The van der Waals surface area contributed by atoms with E-state index < -0.39 is 22.0 Å². The van der Waals surface area contributed by atoms with Gasteiger partial charge in [0, 0.05) is 6.54 Å². The highest BCUT2D eigenvalue weighted by Gasteiger charge is 2.41. The van der Waals surface area contributed by atoms with Gasteiger partial charge in [0.2, 0.25) is 10.0 Å². The smallest absolute Gasteiger partial charge is 0.322 e. The fourth-order valence-electron chi connectivity index (χ4n) is 2.65. The van der Waals surface area contributed by atoms with Gasteiger partial charge in [0.25, 0.3) is 0 Å². The molecule has 1 N–H and O–H groups in total. The van der Waals surface area contributed by atoms with E-state index in [9.17, 15) is 18.3 Å². The van der Waals surface area contributed by atoms with E-state index in [1.165, 1.54) is 24.3 Å². The van der Waals surface area contributed by atoms with Gasteiger partial charge in [-0.05, 0) is 37.0 Å². The molecule has 1 heterocycles. The number of hydrogen-bond acceptors (Lipinski definition) is 4. The van der Waals surface area contributed by atoms with E-state index in [2.05, 4.69) is 0 Å². The first-order valence-electron chi connectivity index (χ1n) is 6.62. The molecule has 0 amide bonds. The fraction of sp³-hybridized carbons (Fsp3) is 0.429. The van der Waals surface area contributed by atoms with Crippen LogP contribution in [0, 0.1) is 17.2 Å². The molecule has 0 aromatic heterocycles. The van der Waals surface area contributed by atoms with E-state index in [1.54, 1.807) is 6.92 Å². The third kappa shape index (κ3) is 2.91. The van der Waals surface area contributed by atoms with Gasteiger partial charge < -0.3 is 5.11 Å². The standard InChI is InChI=1S/C14H16N2O4S/c1-10-4-3-7-16(13(10)14(17)18)21(19,20)12-6-2-5-11(8-12)9-15/h2,5-6,8,10,13H,3-4,7H2,1H3,(H,17,18). The van der Waals surface area contributed by atoms with Crippen LogP contribution in [0.15, 0.2) is 29.2 Å². The first-order chi connectivity index (χ1) is 9.87. The van der Waals surface area contributed by atoms with Crippen molar-refractivity contribution in [1.29, 1.82) is 5.26 Å². The molecule has 2 unspecified atom stereocenters. The summed E-state index contributed by atoms with van der Waals surface area (Å²) in [5.41, 5.74) is 0.230. The first kappa shape index (κ1) is 15.5. The van der Waals surface area contributed by atoms with Gasteiger partial charge in [-0.3, -0.25) is 4.79 Å². The summed E-state index contributed by atoms with van der Waals surface area (Å²) in [6.07, 6.45) is 1.31. The zero-order chi connectivity index (χ0) is 15.6. The van der Waals surface area contributed by atoms with Crippen LogP contribution >= 0.6 is 0 Å². The maximum Gasteiger partial charge on any atom is 0.322 e. The van der Waals surface area contributed by atoms with Crippen molar-refractivity contribution in [2.45, 2.75) is 30.7 Å². The highest BCUT2D eigenvalue weighted by atomic mass is 32.2. The molecule has 21 heavy (non-hydrogen) atoms. The van der Waals surface area contributed by atoms with Crippen LogP contribution in [0.25, 0.3) is 0 Å². The quantitative estimate of drug-likeness (QED) is 0.910. The molecule has 2 rings (SSSR count). The number of nitriles is 1. The van der Waals surface area contributed by atoms with Crippen LogP contribution in [0.3, 0.4) is 0 Å². The summed E-state index contributed by atoms with van der Waals surface area (Å²) in [5, 5.41) is 18.2. The van der Waals surface area contributed by atoms with Crippen molar-refractivity contribution < 1.29 is 18.3 Å². The van der Waals surface area contributed by atoms with Gasteiger partial charge in [-0.2, -0.15) is 9.57 Å². The van der Waals surface area contributed by atoms with Crippen LogP contribution < -0.4 is 0 Å². The molecule has 1 aromatic rings. The van der Waals surface area contributed by atoms with Crippen LogP contribution in [0.5, 0.6) is 0 Å². The van der Waals surface area contributed by atoms with Crippen LogP contribution in [0.4, 0.5) is 0 Å². The number of carbonyl (C=O) groups is 1. The lowest BCUT2D eigenvalue weighted by molar-refractivity contribution is -0.144. The zero-order valence-corrected chi connectivity index (χ0v) is 12.4. The second-order valence-corrected chi connectivity index (χ2v) is 7.05. The van der Waals surface area contributed by atoms with E-state index in [0.717, 1.165) is 4.31 Å². The Hall–Kier alpha value is -1.91. The molecule has 1 aliphatic heterocycles. The molecule has 0 spiro atoms. The predicted octanol–water partition coefficient (Wildman–Crippen LogP) is 1.43. The van der Waals surface area contributed by atoms with Crippen molar-refractivity contribution in [2.24, 2.45) is 5.92 Å². The lowest BCUT2D eigenvalue weighted by Gasteiger charge is -2.36. The van der Waals surface area contributed by atoms with Crippen molar-refractivity contribution in [1.82, 2.24) is 4.31 Å². The molecule has 0 aliphatic carbocycles. The molecule has 1 saturated heterocycles. The molecule has 0 saturated carbocycles. The highest BCUT2D eigenvalue weighted by molar-refractivity contribution is 7.89. The van der Waals surface area contributed by atoms with Gasteiger partial charge in [-0.1, -0.05) is 13.0 Å². The van der Waals surface area contributed by atoms with Gasteiger partial charge in [0.15, 0.2) is 0 Å². The van der Waals surface area contributed by atoms with Gasteiger partial charge in [0.1, 0.15) is 6.04 Å². The number of benzene rings is 1. The van der Waals surface area contributed by atoms with Crippen LogP contribution in [-0.4, -0.2) is 36.4 Å². The average molecular weight is 308 g/mol. The minimum atomic E-state index is -3.92. The molecular weight excluding hydrogens is 292 g/mol. The van der Waals surface area contributed by atoms with Crippen molar-refractivity contribution in [2.75, 3.05) is 6.54 Å². The van der Waals surface area contributed by atoms with Crippen LogP contribution in [0.2, 0.25) is 0 Å². The number of rotatable bonds is 3. The molecule has 2 atom stereocenters. The fourth-order valence-corrected chi connectivity index (χ4v) is 4.41. The van der Waals surface area contributed by atoms with Gasteiger partial charge >= 0.3 is 5.97 Å². The molecule has 0 bridgehead atoms. The molecule has 1 aromatic carbocycles. The summed E-state index contributed by atoms with van der Waals surface area (Å²) in [4.78, 5) is 11.4. The third-order valence-electron chi connectivity index (χ3n) is 3.71. The number of hydrogen-bond donors (Lipinski definition) is 1. The molecular formula is C14H16N2O4S. The lowest BCUT2D eigenvalue weighted by Crippen LogP contribution is -2.51. The second kappa shape index (κ2) is 5.84. The lowest BCUT2D eigenvalue weighted by atomic mass is 9.93. The van der Waals surface area contributed by atoms with Crippen LogP contribution in [-0.2, 0) is 14.8 Å². The summed E-state index contributed by atoms with van der Waals surface area (Å²) in [5.74, 6) is -1.38. The van der Waals surface area contributed by atoms with Crippen molar-refractivity contribution >= 4 is 16.0 Å². The topological polar surface area (TPSA) is 98.5 Å². The van der Waals surface area contributed by atoms with Gasteiger partial charge in [-0.15, -0.1) is 0 Å². The minimum Gasteiger partial charge on any atom is -0.480 e. The summed E-state index contributed by atoms with van der Waals surface area (Å²) in [7, 11) is -3.92. The maximum absolute atomic E-state index is 12.7. The van der Waals surface area contributed by atoms with E-state index in [-0.39, 0.29) is 22.9 Å². The molecule has 112 valence electrons. The van der Waals surface area contributed by atoms with Crippen LogP contribution in [0.1, 0.15) is 25.3 Å². The minimum absolute atomic E-state index is 0.0399. The van der Waals surface area contributed by atoms with Crippen molar-refractivity contribution in [3.8, 4) is 6.07 Å². The van der Waals surface area contributed by atoms with Crippen molar-refractivity contribution in [3.63, 3.8) is 0 Å². The molecule has 6 nitrogen and oxygen atoms in total. The Morgan fingerprint density at radius 2 is 2.19 bits per heavy atom. The van der Waals surface area contributed by atoms with Crippen molar-refractivity contribution in [3.05, 3.63) is 29.8 Å². The Labute approximate surface area is 123 Å². The molecule has 1 fully saturated rings. The summed E-state index contributed by atoms with van der Waals surface area (Å²) in [6.45, 7) is 1.92. The monoisotopic (exact) mass is 308 g/mol. The third-order valence-corrected chi connectivity index (χ3v) is 5.59. The van der Waals surface area contributed by atoms with E-state index in [1.807, 2.05) is 6.07 Å². The number of carboxylic acids is 1. The Morgan fingerprint density at radius 3 is 2.81 bits per heavy atom. The first-order valence-corrected chi connectivity index (χ1v) is 8.06. The number of carboxylic acid groups (broad SMARTS) is 1. The molecule has 0 radical (unpaired) electrons. The maximum atomic E-state index is 12.7. The summed E-state index contributed by atoms with van der Waals surface area (Å²) in [6, 6.07) is 6.47. The number of aliphatic carboxylic acids is 1. The highest BCUT2D eigenvalue weighted by Crippen LogP contribution is 2.29. The van der Waals surface area contributed by atoms with E-state index >= 15 is 0 Å². The summed E-state index contributed by atoms with van der Waals surface area (Å²) < 4.78 is 26.4. The SMILES string of the molecule is CC1CCCN(S(=O)(=O)c2cccc(C#N)c2)C1C(=O)O. The molecule has 1 aliphatic rings. The Morgan fingerprint density at radius 1 is 1.48 bits per heavy atom. The Bertz CT molecular complexity index is 693. The molecule has 7 heteroatoms. The Balaban J connectivity index is 2.46. The second-order valence-electron chi connectivity index (χ2n) is 5.16. The average Bonchev–Trinajstić information content (AvgIpc) is 2.46. The van der Waals surface area contributed by atoms with E-state index in [0.29, 0.717) is 12.8 Å². The van der Waals surface area contributed by atoms with Gasteiger partial charge in [-0.25, -0.2) is 8.42 Å². The predicted molar refractivity (Wildman–Crippen MR) is 74.9 cm³/mol. The largest absolute Gasteiger partial charge is 0.480 e. The number of nitrogens with zero attached hydrogens (tertiary/aromatic N) is 2. The van der Waals surface area contributed by atoms with E-state index in [4.69, 9.17) is 5.26 Å². The normalized spacial score (nSPS) is 23.4. The zero-order valence-electron chi connectivity index (χ0n) is 11.6. The van der Waals surface area contributed by atoms with Gasteiger partial charge in [0.05, 0.1) is 16.5 Å². The summed E-state index contributed by atoms with van der Waals surface area (Å²) >= 11 is 0. The number of sulfonamides is 1. The number of piperidine rings is 1.